The van der Waals surface area contributed by atoms with Crippen LogP contribution in [0.5, 0.6) is 0 Å². The summed E-state index contributed by atoms with van der Waals surface area (Å²) in [6.07, 6.45) is 6.01. The maximum Gasteiger partial charge on any atom is 0.245 e. The molecule has 1 saturated heterocycles. The van der Waals surface area contributed by atoms with E-state index in [2.05, 4.69) is 21.4 Å². The quantitative estimate of drug-likeness (QED) is 0.677. The minimum Gasteiger partial charge on any atom is -0.329 e. The third-order valence-corrected chi connectivity index (χ3v) is 4.87. The molecule has 1 atom stereocenters. The van der Waals surface area contributed by atoms with Gasteiger partial charge in [-0.1, -0.05) is 18.2 Å². The van der Waals surface area contributed by atoms with Crippen LogP contribution in [0.1, 0.15) is 23.2 Å². The number of hydrogen-bond acceptors (Lipinski definition) is 5. The molecule has 0 spiro atoms. The summed E-state index contributed by atoms with van der Waals surface area (Å²) >= 11 is 0. The maximum absolute atomic E-state index is 12.7. The third-order valence-electron chi connectivity index (χ3n) is 4.87. The Bertz CT molecular complexity index is 1010. The fraction of sp³-hybridized carbons (Fsp3) is 0.238. The van der Waals surface area contributed by atoms with Crippen LogP contribution in [0.3, 0.4) is 0 Å². The topological polar surface area (TPSA) is 86.8 Å². The molecule has 1 amide bonds. The van der Waals surface area contributed by atoms with Crippen LogP contribution in [0.25, 0.3) is 0 Å². The number of amides is 1. The predicted octanol–water partition coefficient (Wildman–Crippen LogP) is 2.51. The van der Waals surface area contributed by atoms with Gasteiger partial charge in [0.25, 0.3) is 0 Å². The average molecular weight is 409 g/mol. The number of pyridine rings is 1. The number of imidazole rings is 1. The highest BCUT2D eigenvalue weighted by molar-refractivity contribution is 5.98. The van der Waals surface area contributed by atoms with Crippen LogP contribution in [0.4, 0.5) is 5.82 Å². The first kappa shape index (κ1) is 20.5. The van der Waals surface area contributed by atoms with Crippen LogP contribution in [0.15, 0.2) is 61.2 Å². The number of nitrogens with one attached hydrogen (secondary N) is 1. The average Bonchev–Trinajstić information content (AvgIpc) is 3.33. The van der Waals surface area contributed by atoms with Gasteiger partial charge in [0.15, 0.2) is 0 Å². The van der Waals surface area contributed by atoms with E-state index in [0.717, 1.165) is 17.7 Å². The maximum atomic E-state index is 12.7. The minimum absolute atomic E-state index is 0. The van der Waals surface area contributed by atoms with E-state index in [1.54, 1.807) is 29.7 Å². The monoisotopic (exact) mass is 408 g/mol. The fourth-order valence-electron chi connectivity index (χ4n) is 3.41. The predicted molar refractivity (Wildman–Crippen MR) is 112 cm³/mol. The van der Waals surface area contributed by atoms with Crippen LogP contribution >= 0.6 is 12.4 Å². The van der Waals surface area contributed by atoms with Gasteiger partial charge in [0.2, 0.25) is 5.91 Å². The number of aromatic nitrogens is 3. The van der Waals surface area contributed by atoms with E-state index < -0.39 is 0 Å². The van der Waals surface area contributed by atoms with Gasteiger partial charge in [0.05, 0.1) is 29.7 Å². The van der Waals surface area contributed by atoms with Gasteiger partial charge in [-0.3, -0.25) is 9.69 Å². The van der Waals surface area contributed by atoms with E-state index in [1.807, 2.05) is 41.0 Å². The molecule has 1 unspecified atom stereocenters. The SMILES string of the molecule is Cl.N#Cc1cccc(Cn2cncc2CNC2CCN(c3ccccn3)C2=O)c1. The number of rotatable bonds is 6. The van der Waals surface area contributed by atoms with Crippen molar-refractivity contribution in [3.63, 3.8) is 0 Å². The summed E-state index contributed by atoms with van der Waals surface area (Å²) in [5.74, 6) is 0.741. The highest BCUT2D eigenvalue weighted by Crippen LogP contribution is 2.19. The van der Waals surface area contributed by atoms with E-state index in [9.17, 15) is 4.79 Å². The molecule has 3 heterocycles. The molecular weight excluding hydrogens is 388 g/mol. The number of hydrogen-bond donors (Lipinski definition) is 1. The Kier molecular flexibility index (Phi) is 6.60. The summed E-state index contributed by atoms with van der Waals surface area (Å²) in [7, 11) is 0. The van der Waals surface area contributed by atoms with Gasteiger partial charge in [0.1, 0.15) is 5.82 Å². The van der Waals surface area contributed by atoms with Crippen molar-refractivity contribution >= 4 is 24.1 Å². The molecule has 148 valence electrons. The Labute approximate surface area is 175 Å². The molecule has 0 bridgehead atoms. The zero-order valence-corrected chi connectivity index (χ0v) is 16.5. The Morgan fingerprint density at radius 1 is 1.24 bits per heavy atom. The normalized spacial score (nSPS) is 15.8. The van der Waals surface area contributed by atoms with Crippen LogP contribution in [-0.4, -0.2) is 33.0 Å². The lowest BCUT2D eigenvalue weighted by molar-refractivity contribution is -0.118. The second-order valence-electron chi connectivity index (χ2n) is 6.73. The van der Waals surface area contributed by atoms with Gasteiger partial charge in [0, 0.05) is 32.0 Å². The van der Waals surface area contributed by atoms with Gasteiger partial charge >= 0.3 is 0 Å². The van der Waals surface area contributed by atoms with Crippen molar-refractivity contribution in [2.75, 3.05) is 11.4 Å². The molecule has 0 radical (unpaired) electrons. The molecule has 1 aliphatic rings. The van der Waals surface area contributed by atoms with Gasteiger partial charge in [-0.05, 0) is 36.2 Å². The first-order valence-corrected chi connectivity index (χ1v) is 9.18. The highest BCUT2D eigenvalue weighted by Gasteiger charge is 2.32. The number of anilines is 1. The van der Waals surface area contributed by atoms with Crippen LogP contribution in [-0.2, 0) is 17.9 Å². The highest BCUT2D eigenvalue weighted by atomic mass is 35.5. The van der Waals surface area contributed by atoms with Crippen molar-refractivity contribution < 1.29 is 4.79 Å². The second kappa shape index (κ2) is 9.32. The Balaban J connectivity index is 0.00000240. The number of nitriles is 1. The first-order chi connectivity index (χ1) is 13.7. The van der Waals surface area contributed by atoms with Crippen molar-refractivity contribution in [3.8, 4) is 6.07 Å². The second-order valence-corrected chi connectivity index (χ2v) is 6.73. The summed E-state index contributed by atoms with van der Waals surface area (Å²) in [6, 6.07) is 15.0. The zero-order valence-electron chi connectivity index (χ0n) is 15.7. The van der Waals surface area contributed by atoms with E-state index in [4.69, 9.17) is 5.26 Å². The summed E-state index contributed by atoms with van der Waals surface area (Å²) in [5.41, 5.74) is 2.67. The Morgan fingerprint density at radius 2 is 2.14 bits per heavy atom. The first-order valence-electron chi connectivity index (χ1n) is 9.18. The molecule has 1 aromatic carbocycles. The van der Waals surface area contributed by atoms with Crippen molar-refractivity contribution in [3.05, 3.63) is 78.0 Å². The number of carbonyl (C=O) groups excluding carboxylic acids is 1. The summed E-state index contributed by atoms with van der Waals surface area (Å²) in [6.45, 7) is 1.84. The van der Waals surface area contributed by atoms with Crippen molar-refractivity contribution in [2.45, 2.75) is 25.6 Å². The van der Waals surface area contributed by atoms with Gasteiger partial charge in [-0.25, -0.2) is 9.97 Å². The number of benzene rings is 1. The molecule has 1 aliphatic heterocycles. The molecular formula is C21H21ClN6O. The van der Waals surface area contributed by atoms with Gasteiger partial charge < -0.3 is 9.88 Å². The van der Waals surface area contributed by atoms with E-state index >= 15 is 0 Å². The molecule has 7 nitrogen and oxygen atoms in total. The van der Waals surface area contributed by atoms with Crippen LogP contribution < -0.4 is 10.2 Å². The Hall–Kier alpha value is -3.21. The molecule has 0 saturated carbocycles. The standard InChI is InChI=1S/C21H20N6O.ClH/c22-11-16-4-3-5-17(10-16)14-26-15-23-12-18(26)13-25-19-7-9-27(21(19)28)20-6-1-2-8-24-20;/h1-6,8,10,12,15,19,25H,7,9,13-14H2;1H. The van der Waals surface area contributed by atoms with Crippen molar-refractivity contribution in [2.24, 2.45) is 0 Å². The van der Waals surface area contributed by atoms with Gasteiger partial charge in [-0.15, -0.1) is 12.4 Å². The lowest BCUT2D eigenvalue weighted by atomic mass is 10.1. The molecule has 29 heavy (non-hydrogen) atoms. The Morgan fingerprint density at radius 3 is 2.93 bits per heavy atom. The smallest absolute Gasteiger partial charge is 0.245 e. The molecule has 8 heteroatoms. The van der Waals surface area contributed by atoms with E-state index in [0.29, 0.717) is 31.0 Å². The van der Waals surface area contributed by atoms with E-state index in [-0.39, 0.29) is 24.4 Å². The van der Waals surface area contributed by atoms with E-state index in [1.165, 1.54) is 0 Å². The molecule has 1 N–H and O–H groups in total. The van der Waals surface area contributed by atoms with Crippen LogP contribution in [0.2, 0.25) is 0 Å². The molecule has 4 rings (SSSR count). The summed E-state index contributed by atoms with van der Waals surface area (Å²) < 4.78 is 2.03. The molecule has 3 aromatic rings. The fourth-order valence-corrected chi connectivity index (χ4v) is 3.41. The lowest BCUT2D eigenvalue weighted by Crippen LogP contribution is -2.38. The molecule has 0 aliphatic carbocycles. The zero-order chi connectivity index (χ0) is 19.3. The third kappa shape index (κ3) is 4.62. The summed E-state index contributed by atoms with van der Waals surface area (Å²) in [4.78, 5) is 22.9. The van der Waals surface area contributed by atoms with Crippen molar-refractivity contribution in [1.82, 2.24) is 19.9 Å². The number of halogens is 1. The number of carbonyl (C=O) groups is 1. The minimum atomic E-state index is -0.229. The molecule has 2 aromatic heterocycles. The lowest BCUT2D eigenvalue weighted by Gasteiger charge is -2.16. The largest absolute Gasteiger partial charge is 0.329 e. The summed E-state index contributed by atoms with van der Waals surface area (Å²) in [5, 5.41) is 12.4. The van der Waals surface area contributed by atoms with Crippen LogP contribution in [0, 0.1) is 11.3 Å². The molecule has 1 fully saturated rings. The van der Waals surface area contributed by atoms with Gasteiger partial charge in [-0.2, -0.15) is 5.26 Å². The number of nitrogens with zero attached hydrogens (tertiary/aromatic N) is 5. The van der Waals surface area contributed by atoms with Crippen molar-refractivity contribution in [1.29, 1.82) is 5.26 Å².